The normalized spacial score (nSPS) is 23.2. The highest BCUT2D eigenvalue weighted by Gasteiger charge is 2.38. The van der Waals surface area contributed by atoms with Crippen LogP contribution in [-0.2, 0) is 17.4 Å². The van der Waals surface area contributed by atoms with E-state index in [1.54, 1.807) is 11.9 Å². The van der Waals surface area contributed by atoms with E-state index in [-0.39, 0.29) is 23.6 Å². The monoisotopic (exact) mass is 413 g/mol. The number of carbonyl (C=O) groups is 1. The highest BCUT2D eigenvalue weighted by Crippen LogP contribution is 2.35. The SMILES string of the molecule is CN(C(=O)Cc1ccc([N+](=O)[O-])cc1C(F)(F)F)[C@H]1CCCC[C@@H]1N1CCCC1. The number of likely N-dealkylation sites (tertiary alicyclic amines) is 1. The van der Waals surface area contributed by atoms with Crippen LogP contribution >= 0.6 is 0 Å². The van der Waals surface area contributed by atoms with Gasteiger partial charge in [-0.1, -0.05) is 18.9 Å². The second-order valence-electron chi connectivity index (χ2n) is 7.94. The van der Waals surface area contributed by atoms with E-state index >= 15 is 0 Å². The van der Waals surface area contributed by atoms with E-state index in [0.717, 1.165) is 63.7 Å². The standard InChI is InChI=1S/C20H26F3N3O3/c1-24(17-6-2-3-7-18(17)25-10-4-5-11-25)19(27)12-14-8-9-15(26(28)29)13-16(14)20(21,22)23/h8-9,13,17-18H,2-7,10-12H2,1H3/t17-,18-/m0/s1. The molecule has 29 heavy (non-hydrogen) atoms. The maximum absolute atomic E-state index is 13.4. The number of hydrogen-bond acceptors (Lipinski definition) is 4. The third kappa shape index (κ3) is 4.88. The van der Waals surface area contributed by atoms with Gasteiger partial charge < -0.3 is 4.90 Å². The van der Waals surface area contributed by atoms with Gasteiger partial charge in [0.2, 0.25) is 5.91 Å². The molecule has 1 amide bonds. The summed E-state index contributed by atoms with van der Waals surface area (Å²) in [5, 5.41) is 10.8. The van der Waals surface area contributed by atoms with E-state index in [4.69, 9.17) is 0 Å². The third-order valence-corrected chi connectivity index (χ3v) is 6.15. The number of nitro groups is 1. The van der Waals surface area contributed by atoms with Crippen molar-refractivity contribution >= 4 is 11.6 Å². The van der Waals surface area contributed by atoms with E-state index in [1.807, 2.05) is 0 Å². The van der Waals surface area contributed by atoms with E-state index < -0.39 is 28.8 Å². The summed E-state index contributed by atoms with van der Waals surface area (Å²) in [6.07, 6.45) is 1.02. The van der Waals surface area contributed by atoms with E-state index in [2.05, 4.69) is 4.90 Å². The van der Waals surface area contributed by atoms with Crippen molar-refractivity contribution in [2.75, 3.05) is 20.1 Å². The molecule has 1 saturated carbocycles. The number of alkyl halides is 3. The number of carbonyl (C=O) groups excluding carboxylic acids is 1. The molecule has 2 fully saturated rings. The molecule has 0 N–H and O–H groups in total. The molecule has 9 heteroatoms. The van der Waals surface area contributed by atoms with Gasteiger partial charge in [0.1, 0.15) is 0 Å². The zero-order valence-corrected chi connectivity index (χ0v) is 16.5. The minimum absolute atomic E-state index is 0.0123. The summed E-state index contributed by atoms with van der Waals surface area (Å²) in [5.74, 6) is -0.388. The third-order valence-electron chi connectivity index (χ3n) is 6.15. The summed E-state index contributed by atoms with van der Waals surface area (Å²) < 4.78 is 40.2. The van der Waals surface area contributed by atoms with E-state index in [1.165, 1.54) is 0 Å². The number of nitrogens with zero attached hydrogens (tertiary/aromatic N) is 3. The van der Waals surface area contributed by atoms with Crippen LogP contribution in [0.2, 0.25) is 0 Å². The Morgan fingerprint density at radius 3 is 2.48 bits per heavy atom. The lowest BCUT2D eigenvalue weighted by Crippen LogP contribution is -2.53. The number of rotatable bonds is 5. The highest BCUT2D eigenvalue weighted by atomic mass is 19.4. The van der Waals surface area contributed by atoms with Gasteiger partial charge in [0.15, 0.2) is 0 Å². The van der Waals surface area contributed by atoms with Crippen molar-refractivity contribution in [2.45, 2.75) is 63.2 Å². The molecule has 0 aromatic heterocycles. The smallest absolute Gasteiger partial charge is 0.341 e. The van der Waals surface area contributed by atoms with Crippen LogP contribution in [0.25, 0.3) is 0 Å². The number of hydrogen-bond donors (Lipinski definition) is 0. The van der Waals surface area contributed by atoms with Gasteiger partial charge in [0.25, 0.3) is 5.69 Å². The molecule has 1 aliphatic heterocycles. The molecule has 2 atom stereocenters. The fourth-order valence-corrected chi connectivity index (χ4v) is 4.61. The molecular formula is C20H26F3N3O3. The van der Waals surface area contributed by atoms with Gasteiger partial charge in [0.05, 0.1) is 16.9 Å². The molecule has 3 rings (SSSR count). The first-order valence-corrected chi connectivity index (χ1v) is 10.0. The molecule has 6 nitrogen and oxygen atoms in total. The van der Waals surface area contributed by atoms with Crippen molar-refractivity contribution in [3.63, 3.8) is 0 Å². The zero-order chi connectivity index (χ0) is 21.2. The molecule has 0 bridgehead atoms. The van der Waals surface area contributed by atoms with Crippen LogP contribution < -0.4 is 0 Å². The van der Waals surface area contributed by atoms with Gasteiger partial charge >= 0.3 is 6.18 Å². The van der Waals surface area contributed by atoms with Crippen molar-refractivity contribution in [3.8, 4) is 0 Å². The van der Waals surface area contributed by atoms with Crippen molar-refractivity contribution in [1.29, 1.82) is 0 Å². The molecule has 1 aromatic rings. The Labute approximate surface area is 167 Å². The van der Waals surface area contributed by atoms with Crippen molar-refractivity contribution in [1.82, 2.24) is 9.80 Å². The summed E-state index contributed by atoms with van der Waals surface area (Å²) in [6, 6.07) is 2.81. The lowest BCUT2D eigenvalue weighted by Gasteiger charge is -2.42. The number of amides is 1. The number of likely N-dealkylation sites (N-methyl/N-ethyl adjacent to an activating group) is 1. The Morgan fingerprint density at radius 1 is 1.21 bits per heavy atom. The summed E-state index contributed by atoms with van der Waals surface area (Å²) in [7, 11) is 1.67. The Bertz CT molecular complexity index is 763. The largest absolute Gasteiger partial charge is 0.416 e. The summed E-state index contributed by atoms with van der Waals surface area (Å²) in [5.41, 5.74) is -1.98. The molecular weight excluding hydrogens is 387 g/mol. The lowest BCUT2D eigenvalue weighted by molar-refractivity contribution is -0.385. The summed E-state index contributed by atoms with van der Waals surface area (Å²) >= 11 is 0. The Kier molecular flexibility index (Phi) is 6.45. The quantitative estimate of drug-likeness (QED) is 0.540. The van der Waals surface area contributed by atoms with Gasteiger partial charge in [-0.2, -0.15) is 13.2 Å². The van der Waals surface area contributed by atoms with Crippen LogP contribution in [0.15, 0.2) is 18.2 Å². The second kappa shape index (κ2) is 8.69. The van der Waals surface area contributed by atoms with Crippen LogP contribution in [-0.4, -0.2) is 52.9 Å². The molecule has 0 spiro atoms. The molecule has 1 heterocycles. The Hall–Kier alpha value is -2.16. The first-order valence-electron chi connectivity index (χ1n) is 10.0. The summed E-state index contributed by atoms with van der Waals surface area (Å²) in [6.45, 7) is 2.01. The lowest BCUT2D eigenvalue weighted by atomic mass is 9.88. The number of benzene rings is 1. The average Bonchev–Trinajstić information content (AvgIpc) is 3.21. The molecule has 2 aliphatic rings. The minimum atomic E-state index is -4.76. The van der Waals surface area contributed by atoms with Crippen molar-refractivity contribution in [2.24, 2.45) is 0 Å². The Morgan fingerprint density at radius 2 is 1.86 bits per heavy atom. The maximum atomic E-state index is 13.4. The predicted molar refractivity (Wildman–Crippen MR) is 101 cm³/mol. The zero-order valence-electron chi connectivity index (χ0n) is 16.5. The van der Waals surface area contributed by atoms with Crippen LogP contribution in [0.3, 0.4) is 0 Å². The van der Waals surface area contributed by atoms with Crippen LogP contribution in [0.5, 0.6) is 0 Å². The molecule has 1 saturated heterocycles. The molecule has 1 aliphatic carbocycles. The minimum Gasteiger partial charge on any atom is -0.341 e. The van der Waals surface area contributed by atoms with Gasteiger partial charge in [-0.15, -0.1) is 0 Å². The average molecular weight is 413 g/mol. The van der Waals surface area contributed by atoms with Crippen LogP contribution in [0.4, 0.5) is 18.9 Å². The van der Waals surface area contributed by atoms with Gasteiger partial charge in [0, 0.05) is 31.3 Å². The van der Waals surface area contributed by atoms with Crippen LogP contribution in [0, 0.1) is 10.1 Å². The molecule has 0 unspecified atom stereocenters. The molecule has 0 radical (unpaired) electrons. The van der Waals surface area contributed by atoms with Gasteiger partial charge in [-0.25, -0.2) is 0 Å². The van der Waals surface area contributed by atoms with Crippen LogP contribution in [0.1, 0.15) is 49.7 Å². The highest BCUT2D eigenvalue weighted by molar-refractivity contribution is 5.79. The predicted octanol–water partition coefficient (Wildman–Crippen LogP) is 4.02. The number of nitro benzene ring substituents is 1. The van der Waals surface area contributed by atoms with Gasteiger partial charge in [-0.05, 0) is 44.3 Å². The van der Waals surface area contributed by atoms with Crippen molar-refractivity contribution < 1.29 is 22.9 Å². The van der Waals surface area contributed by atoms with E-state index in [9.17, 15) is 28.1 Å². The maximum Gasteiger partial charge on any atom is 0.416 e. The first-order chi connectivity index (χ1) is 13.7. The van der Waals surface area contributed by atoms with Crippen molar-refractivity contribution in [3.05, 3.63) is 39.4 Å². The second-order valence-corrected chi connectivity index (χ2v) is 7.94. The summed E-state index contributed by atoms with van der Waals surface area (Å²) in [4.78, 5) is 26.9. The number of non-ortho nitro benzene ring substituents is 1. The number of halogens is 3. The first kappa shape index (κ1) is 21.5. The van der Waals surface area contributed by atoms with E-state index in [0.29, 0.717) is 6.07 Å². The molecule has 1 aromatic carbocycles. The van der Waals surface area contributed by atoms with Gasteiger partial charge in [-0.3, -0.25) is 19.8 Å². The molecule has 160 valence electrons. The fourth-order valence-electron chi connectivity index (χ4n) is 4.61. The Balaban J connectivity index is 1.79. The topological polar surface area (TPSA) is 66.7 Å². The fraction of sp³-hybridized carbons (Fsp3) is 0.650.